The summed E-state index contributed by atoms with van der Waals surface area (Å²) in [7, 11) is 2.14. The lowest BCUT2D eigenvalue weighted by Crippen LogP contribution is -2.31. The molecule has 0 aliphatic carbocycles. The summed E-state index contributed by atoms with van der Waals surface area (Å²) in [5.74, 6) is 1.72. The number of fused-ring (bicyclic) bond motifs is 1. The molecular weight excluding hydrogens is 248 g/mol. The monoisotopic (exact) mass is 270 g/mol. The SMILES string of the molecule is Cc1cc2ccccc2nc1N(C)CC1CCCOC1. The van der Waals surface area contributed by atoms with E-state index in [2.05, 4.69) is 43.1 Å². The van der Waals surface area contributed by atoms with Crippen LogP contribution in [0.2, 0.25) is 0 Å². The molecule has 1 fully saturated rings. The second kappa shape index (κ2) is 5.80. The molecule has 3 rings (SSSR count). The van der Waals surface area contributed by atoms with Gasteiger partial charge in [0.05, 0.1) is 12.1 Å². The van der Waals surface area contributed by atoms with Gasteiger partial charge in [-0.05, 0) is 43.4 Å². The van der Waals surface area contributed by atoms with E-state index in [9.17, 15) is 0 Å². The van der Waals surface area contributed by atoms with Crippen LogP contribution in [0.4, 0.5) is 5.82 Å². The Morgan fingerprint density at radius 2 is 2.20 bits per heavy atom. The summed E-state index contributed by atoms with van der Waals surface area (Å²) in [5.41, 5.74) is 2.31. The van der Waals surface area contributed by atoms with Crippen molar-refractivity contribution in [3.05, 3.63) is 35.9 Å². The van der Waals surface area contributed by atoms with E-state index in [1.807, 2.05) is 6.07 Å². The van der Waals surface area contributed by atoms with Gasteiger partial charge in [-0.2, -0.15) is 0 Å². The van der Waals surface area contributed by atoms with Gasteiger partial charge >= 0.3 is 0 Å². The number of pyridine rings is 1. The molecule has 106 valence electrons. The van der Waals surface area contributed by atoms with E-state index in [-0.39, 0.29) is 0 Å². The molecule has 0 bridgehead atoms. The molecule has 0 N–H and O–H groups in total. The molecule has 1 aromatic carbocycles. The first kappa shape index (κ1) is 13.4. The third-order valence-corrected chi connectivity index (χ3v) is 4.04. The highest BCUT2D eigenvalue weighted by atomic mass is 16.5. The molecule has 2 heterocycles. The molecule has 1 saturated heterocycles. The minimum Gasteiger partial charge on any atom is -0.381 e. The maximum atomic E-state index is 5.57. The van der Waals surface area contributed by atoms with Crippen molar-refractivity contribution >= 4 is 16.7 Å². The summed E-state index contributed by atoms with van der Waals surface area (Å²) in [6, 6.07) is 10.5. The van der Waals surface area contributed by atoms with Crippen LogP contribution in [-0.2, 0) is 4.74 Å². The lowest BCUT2D eigenvalue weighted by atomic mass is 10.0. The van der Waals surface area contributed by atoms with Gasteiger partial charge in [-0.15, -0.1) is 0 Å². The summed E-state index contributed by atoms with van der Waals surface area (Å²) in [5, 5.41) is 1.21. The van der Waals surface area contributed by atoms with Crippen molar-refractivity contribution in [2.75, 3.05) is 31.7 Å². The molecule has 0 spiro atoms. The fourth-order valence-electron chi connectivity index (χ4n) is 3.02. The molecule has 0 radical (unpaired) electrons. The average Bonchev–Trinajstić information content (AvgIpc) is 2.47. The van der Waals surface area contributed by atoms with Crippen LogP contribution in [-0.4, -0.2) is 31.8 Å². The lowest BCUT2D eigenvalue weighted by molar-refractivity contribution is 0.0576. The van der Waals surface area contributed by atoms with E-state index >= 15 is 0 Å². The van der Waals surface area contributed by atoms with Crippen molar-refractivity contribution < 1.29 is 4.74 Å². The summed E-state index contributed by atoms with van der Waals surface area (Å²) in [6.07, 6.45) is 2.44. The molecule has 20 heavy (non-hydrogen) atoms. The number of para-hydroxylation sites is 1. The maximum Gasteiger partial charge on any atom is 0.131 e. The Morgan fingerprint density at radius 3 is 3.00 bits per heavy atom. The number of hydrogen-bond donors (Lipinski definition) is 0. The van der Waals surface area contributed by atoms with Crippen molar-refractivity contribution in [1.82, 2.24) is 4.98 Å². The molecule has 0 saturated carbocycles. The molecule has 1 atom stereocenters. The highest BCUT2D eigenvalue weighted by molar-refractivity contribution is 5.81. The molecule has 1 aliphatic heterocycles. The van der Waals surface area contributed by atoms with Crippen molar-refractivity contribution in [1.29, 1.82) is 0 Å². The average molecular weight is 270 g/mol. The number of ether oxygens (including phenoxy) is 1. The van der Waals surface area contributed by atoms with Crippen molar-refractivity contribution in [2.24, 2.45) is 5.92 Å². The van der Waals surface area contributed by atoms with Gasteiger partial charge in [-0.3, -0.25) is 0 Å². The molecule has 1 unspecified atom stereocenters. The molecule has 2 aromatic rings. The Bertz CT molecular complexity index is 591. The Kier molecular flexibility index (Phi) is 3.88. The van der Waals surface area contributed by atoms with Crippen LogP contribution < -0.4 is 4.90 Å². The molecule has 1 aliphatic rings. The van der Waals surface area contributed by atoms with Crippen LogP contribution in [0.25, 0.3) is 10.9 Å². The smallest absolute Gasteiger partial charge is 0.131 e. The van der Waals surface area contributed by atoms with Crippen molar-refractivity contribution in [3.8, 4) is 0 Å². The van der Waals surface area contributed by atoms with Crippen LogP contribution in [0.15, 0.2) is 30.3 Å². The Morgan fingerprint density at radius 1 is 1.35 bits per heavy atom. The zero-order valence-electron chi connectivity index (χ0n) is 12.3. The van der Waals surface area contributed by atoms with Crippen LogP contribution in [0.1, 0.15) is 18.4 Å². The third kappa shape index (κ3) is 2.78. The van der Waals surface area contributed by atoms with Gasteiger partial charge in [0.25, 0.3) is 0 Å². The molecule has 3 heteroatoms. The Balaban J connectivity index is 1.82. The predicted octanol–water partition coefficient (Wildman–Crippen LogP) is 3.41. The molecular formula is C17H22N2O. The first-order valence-corrected chi connectivity index (χ1v) is 7.39. The Hall–Kier alpha value is -1.61. The van der Waals surface area contributed by atoms with Gasteiger partial charge in [0.1, 0.15) is 5.82 Å². The number of nitrogens with zero attached hydrogens (tertiary/aromatic N) is 2. The Labute approximate surface area is 120 Å². The van der Waals surface area contributed by atoms with Gasteiger partial charge in [0, 0.05) is 25.6 Å². The topological polar surface area (TPSA) is 25.4 Å². The largest absolute Gasteiger partial charge is 0.381 e. The number of aryl methyl sites for hydroxylation is 1. The minimum absolute atomic E-state index is 0.626. The van der Waals surface area contributed by atoms with E-state index in [0.29, 0.717) is 5.92 Å². The zero-order valence-corrected chi connectivity index (χ0v) is 12.3. The minimum atomic E-state index is 0.626. The quantitative estimate of drug-likeness (QED) is 0.854. The molecule has 0 amide bonds. The van der Waals surface area contributed by atoms with Gasteiger partial charge in [0.15, 0.2) is 0 Å². The van der Waals surface area contributed by atoms with Crippen LogP contribution in [0, 0.1) is 12.8 Å². The number of benzene rings is 1. The van der Waals surface area contributed by atoms with E-state index in [4.69, 9.17) is 9.72 Å². The van der Waals surface area contributed by atoms with Gasteiger partial charge in [-0.25, -0.2) is 4.98 Å². The fourth-order valence-corrected chi connectivity index (χ4v) is 3.02. The summed E-state index contributed by atoms with van der Waals surface area (Å²) < 4.78 is 5.57. The second-order valence-electron chi connectivity index (χ2n) is 5.79. The maximum absolute atomic E-state index is 5.57. The third-order valence-electron chi connectivity index (χ3n) is 4.04. The van der Waals surface area contributed by atoms with E-state index in [0.717, 1.165) is 31.1 Å². The molecule has 1 aromatic heterocycles. The predicted molar refractivity (Wildman–Crippen MR) is 83.3 cm³/mol. The second-order valence-corrected chi connectivity index (χ2v) is 5.79. The summed E-state index contributed by atoms with van der Waals surface area (Å²) in [6.45, 7) is 4.97. The van der Waals surface area contributed by atoms with Crippen LogP contribution in [0.3, 0.4) is 0 Å². The van der Waals surface area contributed by atoms with Crippen molar-refractivity contribution in [2.45, 2.75) is 19.8 Å². The van der Waals surface area contributed by atoms with E-state index in [1.54, 1.807) is 0 Å². The van der Waals surface area contributed by atoms with Gasteiger partial charge in [-0.1, -0.05) is 18.2 Å². The van der Waals surface area contributed by atoms with Crippen LogP contribution >= 0.6 is 0 Å². The van der Waals surface area contributed by atoms with Gasteiger partial charge < -0.3 is 9.64 Å². The highest BCUT2D eigenvalue weighted by Crippen LogP contribution is 2.24. The van der Waals surface area contributed by atoms with Crippen LogP contribution in [0.5, 0.6) is 0 Å². The fraction of sp³-hybridized carbons (Fsp3) is 0.471. The van der Waals surface area contributed by atoms with E-state index < -0.39 is 0 Å². The first-order chi connectivity index (χ1) is 9.74. The standard InChI is InChI=1S/C17H22N2O/c1-13-10-15-7-3-4-8-16(15)18-17(13)19(2)11-14-6-5-9-20-12-14/h3-4,7-8,10,14H,5-6,9,11-12H2,1-2H3. The number of hydrogen-bond acceptors (Lipinski definition) is 3. The summed E-state index contributed by atoms with van der Waals surface area (Å²) >= 11 is 0. The first-order valence-electron chi connectivity index (χ1n) is 7.39. The highest BCUT2D eigenvalue weighted by Gasteiger charge is 2.17. The number of anilines is 1. The van der Waals surface area contributed by atoms with Crippen molar-refractivity contribution in [3.63, 3.8) is 0 Å². The lowest BCUT2D eigenvalue weighted by Gasteiger charge is -2.28. The zero-order chi connectivity index (χ0) is 13.9. The molecule has 3 nitrogen and oxygen atoms in total. The number of rotatable bonds is 3. The normalized spacial score (nSPS) is 19.2. The van der Waals surface area contributed by atoms with E-state index in [1.165, 1.54) is 23.8 Å². The summed E-state index contributed by atoms with van der Waals surface area (Å²) in [4.78, 5) is 7.10. The van der Waals surface area contributed by atoms with Gasteiger partial charge in [0.2, 0.25) is 0 Å². The number of aromatic nitrogens is 1.